The van der Waals surface area contributed by atoms with Gasteiger partial charge in [-0.3, -0.25) is 0 Å². The molecule has 2 heteroatoms. The average Bonchev–Trinajstić information content (AvgIpc) is 4.18. The monoisotopic (exact) mass is 958 g/mol. The van der Waals surface area contributed by atoms with E-state index in [4.69, 9.17) is 0 Å². The molecule has 11 aromatic carbocycles. The number of rotatable bonds is 7. The number of nitrogens with zero attached hydrogens (tertiary/aromatic N) is 2. The standard InChI is InChI=1S/C73H54N2/c1-71(2)62-30-16-11-25-53(62)58-40-36-51(45-67(58)71)74(48-21-7-5-8-22-48)50-38-42-70(75(49-23-9-6-10-24-49)52-37-41-59-54-26-12-17-31-63(54)72(3,4)68(59)46-52)61(44-50)47-35-39-60-57-29-15-20-34-66(57)73(69(60)43-47)64-32-18-13-27-55(64)56-28-14-19-33-65(56)73/h5-46H,1-4H3. The first-order chi connectivity index (χ1) is 36.7. The second-order valence-corrected chi connectivity index (χ2v) is 22.0. The Balaban J connectivity index is 0.995. The molecule has 0 aromatic heterocycles. The van der Waals surface area contributed by atoms with Crippen LogP contribution in [0, 0.1) is 0 Å². The molecular formula is C73H54N2. The molecule has 0 atom stereocenters. The molecule has 0 radical (unpaired) electrons. The quantitative estimate of drug-likeness (QED) is 0.157. The van der Waals surface area contributed by atoms with Gasteiger partial charge < -0.3 is 9.80 Å². The zero-order valence-electron chi connectivity index (χ0n) is 42.6. The molecule has 0 fully saturated rings. The van der Waals surface area contributed by atoms with E-state index in [1.807, 2.05) is 0 Å². The maximum absolute atomic E-state index is 2.55. The number of anilines is 6. The molecule has 0 saturated carbocycles. The fourth-order valence-electron chi connectivity index (χ4n) is 14.0. The summed E-state index contributed by atoms with van der Waals surface area (Å²) in [5.74, 6) is 0. The van der Waals surface area contributed by atoms with Gasteiger partial charge in [0.15, 0.2) is 0 Å². The van der Waals surface area contributed by atoms with Gasteiger partial charge in [0.25, 0.3) is 0 Å². The molecule has 15 rings (SSSR count). The van der Waals surface area contributed by atoms with Gasteiger partial charge in [0.05, 0.1) is 11.1 Å². The second kappa shape index (κ2) is 16.0. The first kappa shape index (κ1) is 43.6. The van der Waals surface area contributed by atoms with Gasteiger partial charge in [0, 0.05) is 44.8 Å². The predicted octanol–water partition coefficient (Wildman–Crippen LogP) is 19.2. The van der Waals surface area contributed by atoms with E-state index in [9.17, 15) is 0 Å². The van der Waals surface area contributed by atoms with E-state index in [0.29, 0.717) is 0 Å². The number of hydrogen-bond acceptors (Lipinski definition) is 2. The first-order valence-electron chi connectivity index (χ1n) is 26.5. The van der Waals surface area contributed by atoms with E-state index in [0.717, 1.165) is 45.3 Å². The van der Waals surface area contributed by atoms with Crippen molar-refractivity contribution < 1.29 is 0 Å². The van der Waals surface area contributed by atoms with Gasteiger partial charge in [-0.05, 0) is 167 Å². The lowest BCUT2D eigenvalue weighted by atomic mass is 9.70. The van der Waals surface area contributed by atoms with Crippen molar-refractivity contribution in [3.63, 3.8) is 0 Å². The highest BCUT2D eigenvalue weighted by Crippen LogP contribution is 2.64. The normalized spacial score (nSPS) is 14.7. The van der Waals surface area contributed by atoms with Gasteiger partial charge in [0.1, 0.15) is 0 Å². The molecule has 75 heavy (non-hydrogen) atoms. The second-order valence-electron chi connectivity index (χ2n) is 22.0. The number of fused-ring (bicyclic) bond motifs is 16. The van der Waals surface area contributed by atoms with Crippen LogP contribution in [0.25, 0.3) is 55.6 Å². The molecule has 4 aliphatic carbocycles. The van der Waals surface area contributed by atoms with Gasteiger partial charge in [-0.1, -0.05) is 210 Å². The van der Waals surface area contributed by atoms with Crippen LogP contribution in [0.3, 0.4) is 0 Å². The summed E-state index contributed by atoms with van der Waals surface area (Å²) in [4.78, 5) is 4.96. The zero-order valence-corrected chi connectivity index (χ0v) is 42.6. The van der Waals surface area contributed by atoms with E-state index in [1.165, 1.54) is 89.0 Å². The lowest BCUT2D eigenvalue weighted by Crippen LogP contribution is -2.25. The van der Waals surface area contributed by atoms with Gasteiger partial charge in [0.2, 0.25) is 0 Å². The lowest BCUT2D eigenvalue weighted by molar-refractivity contribution is 0.660. The highest BCUT2D eigenvalue weighted by molar-refractivity contribution is 5.99. The van der Waals surface area contributed by atoms with Crippen molar-refractivity contribution in [3.05, 3.63) is 299 Å². The Bertz CT molecular complexity index is 4080. The molecule has 1 spiro atoms. The first-order valence-corrected chi connectivity index (χ1v) is 26.5. The van der Waals surface area contributed by atoms with Crippen LogP contribution in [0.5, 0.6) is 0 Å². The molecule has 0 saturated heterocycles. The average molecular weight is 959 g/mol. The van der Waals surface area contributed by atoms with Crippen LogP contribution in [0.1, 0.15) is 72.2 Å². The van der Waals surface area contributed by atoms with Crippen LogP contribution in [-0.4, -0.2) is 0 Å². The van der Waals surface area contributed by atoms with Gasteiger partial charge in [-0.25, -0.2) is 0 Å². The summed E-state index contributed by atoms with van der Waals surface area (Å²) >= 11 is 0. The summed E-state index contributed by atoms with van der Waals surface area (Å²) < 4.78 is 0. The van der Waals surface area contributed by atoms with Gasteiger partial charge >= 0.3 is 0 Å². The SMILES string of the molecule is CC1(C)c2ccccc2-c2ccc(N(c3ccccc3)c3ccc(N(c4ccccc4)c4ccc5c(c4)C(C)(C)c4ccccc4-5)c(-c4ccc5c(c4)C4(c6ccccc6-c6ccccc64)c4ccccc4-5)c3)cc21. The highest BCUT2D eigenvalue weighted by atomic mass is 15.2. The van der Waals surface area contributed by atoms with E-state index < -0.39 is 5.41 Å². The summed E-state index contributed by atoms with van der Waals surface area (Å²) in [7, 11) is 0. The predicted molar refractivity (Wildman–Crippen MR) is 313 cm³/mol. The van der Waals surface area contributed by atoms with Crippen LogP contribution < -0.4 is 9.80 Å². The largest absolute Gasteiger partial charge is 0.310 e. The van der Waals surface area contributed by atoms with Crippen molar-refractivity contribution in [1.82, 2.24) is 0 Å². The minimum atomic E-state index is -0.489. The van der Waals surface area contributed by atoms with Crippen molar-refractivity contribution >= 4 is 34.1 Å². The third-order valence-electron chi connectivity index (χ3n) is 17.5. The summed E-state index contributed by atoms with van der Waals surface area (Å²) in [6, 6.07) is 95.9. The maximum Gasteiger partial charge on any atom is 0.0725 e. The third kappa shape index (κ3) is 6.08. The van der Waals surface area contributed by atoms with Crippen LogP contribution in [0.2, 0.25) is 0 Å². The molecule has 4 aliphatic rings. The van der Waals surface area contributed by atoms with E-state index in [1.54, 1.807) is 0 Å². The van der Waals surface area contributed by atoms with Crippen LogP contribution in [-0.2, 0) is 16.2 Å². The molecule has 0 amide bonds. The van der Waals surface area contributed by atoms with Crippen molar-refractivity contribution in [2.75, 3.05) is 9.80 Å². The van der Waals surface area contributed by atoms with Gasteiger partial charge in [-0.15, -0.1) is 0 Å². The maximum atomic E-state index is 2.55. The number of hydrogen-bond donors (Lipinski definition) is 0. The Morgan fingerprint density at radius 1 is 0.227 bits per heavy atom. The number of para-hydroxylation sites is 2. The highest BCUT2D eigenvalue weighted by Gasteiger charge is 2.51. The molecule has 356 valence electrons. The third-order valence-corrected chi connectivity index (χ3v) is 17.5. The smallest absolute Gasteiger partial charge is 0.0725 e. The summed E-state index contributed by atoms with van der Waals surface area (Å²) in [6.45, 7) is 9.50. The fraction of sp³-hybridized carbons (Fsp3) is 0.0959. The Morgan fingerprint density at radius 3 is 1.07 bits per heavy atom. The van der Waals surface area contributed by atoms with Crippen LogP contribution in [0.15, 0.2) is 255 Å². The van der Waals surface area contributed by atoms with Crippen molar-refractivity contribution in [3.8, 4) is 55.6 Å². The topological polar surface area (TPSA) is 6.48 Å². The molecule has 0 bridgehead atoms. The fourth-order valence-corrected chi connectivity index (χ4v) is 14.0. The summed E-state index contributed by atoms with van der Waals surface area (Å²) in [6.07, 6.45) is 0. The van der Waals surface area contributed by atoms with Gasteiger partial charge in [-0.2, -0.15) is 0 Å². The Hall–Kier alpha value is -8.98. The Kier molecular flexibility index (Phi) is 9.30. The van der Waals surface area contributed by atoms with E-state index in [2.05, 4.69) is 292 Å². The lowest BCUT2D eigenvalue weighted by Gasteiger charge is -2.33. The molecule has 0 aliphatic heterocycles. The van der Waals surface area contributed by atoms with Crippen LogP contribution >= 0.6 is 0 Å². The molecule has 2 nitrogen and oxygen atoms in total. The molecule has 0 heterocycles. The zero-order chi connectivity index (χ0) is 50.2. The summed E-state index contributed by atoms with van der Waals surface area (Å²) in [5, 5.41) is 0. The van der Waals surface area contributed by atoms with Crippen molar-refractivity contribution in [2.24, 2.45) is 0 Å². The van der Waals surface area contributed by atoms with E-state index in [-0.39, 0.29) is 10.8 Å². The Morgan fingerprint density at radius 2 is 0.573 bits per heavy atom. The van der Waals surface area contributed by atoms with E-state index >= 15 is 0 Å². The molecule has 0 N–H and O–H groups in total. The minimum absolute atomic E-state index is 0.156. The van der Waals surface area contributed by atoms with Crippen molar-refractivity contribution in [1.29, 1.82) is 0 Å². The number of benzene rings is 11. The summed E-state index contributed by atoms with van der Waals surface area (Å²) in [5.41, 5.74) is 29.4. The van der Waals surface area contributed by atoms with Crippen LogP contribution in [0.4, 0.5) is 34.1 Å². The molecule has 0 unspecified atom stereocenters. The molecular weight excluding hydrogens is 905 g/mol. The van der Waals surface area contributed by atoms with Crippen molar-refractivity contribution in [2.45, 2.75) is 43.9 Å². The Labute approximate surface area is 440 Å². The molecule has 11 aromatic rings. The minimum Gasteiger partial charge on any atom is -0.310 e.